The Balaban J connectivity index is 2.79. The van der Waals surface area contributed by atoms with Gasteiger partial charge in [-0.2, -0.15) is 0 Å². The molecule has 118 valence electrons. The van der Waals surface area contributed by atoms with Gasteiger partial charge in [-0.3, -0.25) is 4.79 Å². The Kier molecular flexibility index (Phi) is 7.65. The summed E-state index contributed by atoms with van der Waals surface area (Å²) in [4.78, 5) is 14.5. The SMILES string of the molecule is CCCCCN(CCCCC)C(=O)c1cc(O)ccc1N. The zero-order valence-corrected chi connectivity index (χ0v) is 13.3. The van der Waals surface area contributed by atoms with Crippen LogP contribution in [0, 0.1) is 0 Å². The lowest BCUT2D eigenvalue weighted by molar-refractivity contribution is 0.0750. The molecule has 1 aromatic carbocycles. The van der Waals surface area contributed by atoms with Crippen LogP contribution in [0.2, 0.25) is 0 Å². The van der Waals surface area contributed by atoms with E-state index in [0.717, 1.165) is 51.6 Å². The summed E-state index contributed by atoms with van der Waals surface area (Å²) in [6, 6.07) is 4.55. The average molecular weight is 292 g/mol. The molecule has 21 heavy (non-hydrogen) atoms. The summed E-state index contributed by atoms with van der Waals surface area (Å²) < 4.78 is 0. The number of hydrogen-bond donors (Lipinski definition) is 2. The molecule has 1 amide bonds. The van der Waals surface area contributed by atoms with Gasteiger partial charge >= 0.3 is 0 Å². The fourth-order valence-electron chi connectivity index (χ4n) is 2.32. The van der Waals surface area contributed by atoms with Crippen molar-refractivity contribution >= 4 is 11.6 Å². The molecule has 4 heteroatoms. The Hall–Kier alpha value is -1.71. The van der Waals surface area contributed by atoms with Gasteiger partial charge in [0.1, 0.15) is 5.75 Å². The van der Waals surface area contributed by atoms with E-state index in [1.807, 2.05) is 4.90 Å². The van der Waals surface area contributed by atoms with Gasteiger partial charge in [-0.25, -0.2) is 0 Å². The monoisotopic (exact) mass is 292 g/mol. The molecule has 0 fully saturated rings. The largest absolute Gasteiger partial charge is 0.508 e. The number of carbonyl (C=O) groups excluding carboxylic acids is 1. The minimum atomic E-state index is -0.0735. The van der Waals surface area contributed by atoms with Crippen LogP contribution >= 0.6 is 0 Å². The molecule has 0 saturated carbocycles. The Morgan fingerprint density at radius 1 is 1.10 bits per heavy atom. The standard InChI is InChI=1S/C17H28N2O2/c1-3-5-7-11-19(12-8-6-4-2)17(21)15-13-14(20)9-10-16(15)18/h9-10,13,20H,3-8,11-12,18H2,1-2H3. The Bertz CT molecular complexity index is 436. The van der Waals surface area contributed by atoms with E-state index >= 15 is 0 Å². The van der Waals surface area contributed by atoms with E-state index in [4.69, 9.17) is 5.73 Å². The van der Waals surface area contributed by atoms with Crippen LogP contribution in [0.3, 0.4) is 0 Å². The summed E-state index contributed by atoms with van der Waals surface area (Å²) in [7, 11) is 0. The van der Waals surface area contributed by atoms with E-state index in [1.54, 1.807) is 6.07 Å². The Labute approximate surface area is 128 Å². The molecule has 0 aliphatic carbocycles. The molecule has 0 aliphatic rings. The number of nitrogen functional groups attached to an aromatic ring is 1. The highest BCUT2D eigenvalue weighted by atomic mass is 16.3. The van der Waals surface area contributed by atoms with Crippen LogP contribution in [-0.2, 0) is 0 Å². The lowest BCUT2D eigenvalue weighted by Gasteiger charge is -2.23. The van der Waals surface area contributed by atoms with Gasteiger partial charge in [-0.15, -0.1) is 0 Å². The van der Waals surface area contributed by atoms with E-state index in [1.165, 1.54) is 12.1 Å². The van der Waals surface area contributed by atoms with Gasteiger partial charge in [-0.05, 0) is 31.0 Å². The maximum atomic E-state index is 12.6. The number of phenols is 1. The predicted octanol–water partition coefficient (Wildman–Crippen LogP) is 3.80. The molecule has 1 aromatic rings. The number of nitrogens with two attached hydrogens (primary N) is 1. The van der Waals surface area contributed by atoms with Crippen molar-refractivity contribution in [1.29, 1.82) is 0 Å². The zero-order valence-electron chi connectivity index (χ0n) is 13.3. The number of amides is 1. The highest BCUT2D eigenvalue weighted by molar-refractivity contribution is 5.99. The van der Waals surface area contributed by atoms with Crippen LogP contribution in [0.5, 0.6) is 5.75 Å². The predicted molar refractivity (Wildman–Crippen MR) is 87.5 cm³/mol. The molecule has 0 bridgehead atoms. The van der Waals surface area contributed by atoms with Gasteiger partial charge in [0.05, 0.1) is 5.56 Å². The van der Waals surface area contributed by atoms with E-state index in [2.05, 4.69) is 13.8 Å². The van der Waals surface area contributed by atoms with Crippen LogP contribution in [0.25, 0.3) is 0 Å². The highest BCUT2D eigenvalue weighted by Gasteiger charge is 2.18. The van der Waals surface area contributed by atoms with Crippen molar-refractivity contribution in [3.63, 3.8) is 0 Å². The second-order valence-electron chi connectivity index (χ2n) is 5.48. The second kappa shape index (κ2) is 9.27. The molecule has 0 unspecified atom stereocenters. The smallest absolute Gasteiger partial charge is 0.256 e. The van der Waals surface area contributed by atoms with Crippen LogP contribution < -0.4 is 5.73 Å². The van der Waals surface area contributed by atoms with Crippen molar-refractivity contribution in [3.8, 4) is 5.75 Å². The Morgan fingerprint density at radius 2 is 1.67 bits per heavy atom. The van der Waals surface area contributed by atoms with Gasteiger partial charge in [0.25, 0.3) is 5.91 Å². The molecule has 1 rings (SSSR count). The number of phenolic OH excluding ortho intramolecular Hbond substituents is 1. The molecule has 0 heterocycles. The molecular weight excluding hydrogens is 264 g/mol. The first-order valence-electron chi connectivity index (χ1n) is 7.97. The van der Waals surface area contributed by atoms with Crippen LogP contribution in [-0.4, -0.2) is 29.0 Å². The maximum Gasteiger partial charge on any atom is 0.256 e. The third-order valence-electron chi connectivity index (χ3n) is 3.62. The Morgan fingerprint density at radius 3 is 2.19 bits per heavy atom. The molecule has 0 atom stereocenters. The number of aromatic hydroxyl groups is 1. The molecule has 0 aromatic heterocycles. The highest BCUT2D eigenvalue weighted by Crippen LogP contribution is 2.21. The van der Waals surface area contributed by atoms with Gasteiger partial charge in [0.2, 0.25) is 0 Å². The molecular formula is C17H28N2O2. The van der Waals surface area contributed by atoms with Crippen LogP contribution in [0.1, 0.15) is 62.7 Å². The van der Waals surface area contributed by atoms with Gasteiger partial charge in [-0.1, -0.05) is 39.5 Å². The molecule has 4 nitrogen and oxygen atoms in total. The molecule has 3 N–H and O–H groups in total. The number of nitrogens with zero attached hydrogens (tertiary/aromatic N) is 1. The van der Waals surface area contributed by atoms with E-state index in [-0.39, 0.29) is 11.7 Å². The van der Waals surface area contributed by atoms with Gasteiger partial charge < -0.3 is 15.7 Å². The number of carbonyl (C=O) groups is 1. The third-order valence-corrected chi connectivity index (χ3v) is 3.62. The van der Waals surface area contributed by atoms with Crippen molar-refractivity contribution in [3.05, 3.63) is 23.8 Å². The average Bonchev–Trinajstić information content (AvgIpc) is 2.48. The summed E-state index contributed by atoms with van der Waals surface area (Å²) in [5.41, 5.74) is 6.71. The number of anilines is 1. The fourth-order valence-corrected chi connectivity index (χ4v) is 2.32. The number of benzene rings is 1. The lowest BCUT2D eigenvalue weighted by atomic mass is 10.1. The molecule has 0 saturated heterocycles. The summed E-state index contributed by atoms with van der Waals surface area (Å²) in [5.74, 6) is 0.00484. The summed E-state index contributed by atoms with van der Waals surface area (Å²) in [6.07, 6.45) is 6.51. The third kappa shape index (κ3) is 5.66. The molecule has 0 radical (unpaired) electrons. The van der Waals surface area contributed by atoms with Crippen molar-refractivity contribution in [2.45, 2.75) is 52.4 Å². The maximum absolute atomic E-state index is 12.6. The molecule has 0 aliphatic heterocycles. The van der Waals surface area contributed by atoms with Gasteiger partial charge in [0.15, 0.2) is 0 Å². The van der Waals surface area contributed by atoms with Crippen LogP contribution in [0.4, 0.5) is 5.69 Å². The normalized spacial score (nSPS) is 10.6. The first kappa shape index (κ1) is 17.3. The summed E-state index contributed by atoms with van der Waals surface area (Å²) in [6.45, 7) is 5.81. The van der Waals surface area contributed by atoms with Crippen molar-refractivity contribution in [2.75, 3.05) is 18.8 Å². The van der Waals surface area contributed by atoms with Crippen molar-refractivity contribution in [2.24, 2.45) is 0 Å². The van der Waals surface area contributed by atoms with Gasteiger partial charge in [0, 0.05) is 18.8 Å². The second-order valence-corrected chi connectivity index (χ2v) is 5.48. The summed E-state index contributed by atoms with van der Waals surface area (Å²) in [5, 5.41) is 9.57. The minimum Gasteiger partial charge on any atom is -0.508 e. The topological polar surface area (TPSA) is 66.6 Å². The first-order chi connectivity index (χ1) is 10.1. The van der Waals surface area contributed by atoms with E-state index in [0.29, 0.717) is 11.3 Å². The fraction of sp³-hybridized carbons (Fsp3) is 0.588. The molecule has 0 spiro atoms. The number of rotatable bonds is 9. The first-order valence-corrected chi connectivity index (χ1v) is 7.97. The van der Waals surface area contributed by atoms with E-state index < -0.39 is 0 Å². The van der Waals surface area contributed by atoms with Crippen LogP contribution in [0.15, 0.2) is 18.2 Å². The summed E-state index contributed by atoms with van der Waals surface area (Å²) >= 11 is 0. The quantitative estimate of drug-likeness (QED) is 0.413. The zero-order chi connectivity index (χ0) is 15.7. The lowest BCUT2D eigenvalue weighted by Crippen LogP contribution is -2.33. The number of unbranched alkanes of at least 4 members (excludes halogenated alkanes) is 4. The number of hydrogen-bond acceptors (Lipinski definition) is 3. The minimum absolute atomic E-state index is 0.0735. The van der Waals surface area contributed by atoms with E-state index in [9.17, 15) is 9.90 Å². The van der Waals surface area contributed by atoms with Crippen molar-refractivity contribution < 1.29 is 9.90 Å². The van der Waals surface area contributed by atoms with Crippen molar-refractivity contribution in [1.82, 2.24) is 4.90 Å².